The van der Waals surface area contributed by atoms with Crippen LogP contribution in [0.3, 0.4) is 0 Å². The monoisotopic (exact) mass is 528 g/mol. The number of benzene rings is 2. The Labute approximate surface area is 202 Å². The summed E-state index contributed by atoms with van der Waals surface area (Å²) in [5.41, 5.74) is 0.340. The van der Waals surface area contributed by atoms with Crippen LogP contribution in [-0.4, -0.2) is 28.6 Å². The highest BCUT2D eigenvalue weighted by atomic mass is 35.5. The lowest BCUT2D eigenvalue weighted by Crippen LogP contribution is -2.25. The van der Waals surface area contributed by atoms with Crippen LogP contribution in [-0.2, 0) is 4.79 Å². The Balaban J connectivity index is 1.78. The molecule has 2 amide bonds. The zero-order valence-electron chi connectivity index (χ0n) is 15.6. The first-order chi connectivity index (χ1) is 14.6. The first kappa shape index (κ1) is 24.3. The average Bonchev–Trinajstić information content (AvgIpc) is 3.28. The molecule has 11 heteroatoms. The predicted molar refractivity (Wildman–Crippen MR) is 120 cm³/mol. The van der Waals surface area contributed by atoms with Crippen molar-refractivity contribution in [3.63, 3.8) is 0 Å². The highest BCUT2D eigenvalue weighted by Gasteiger charge is 2.67. The minimum absolute atomic E-state index is 0.00122. The number of nitrogens with one attached hydrogen (secondary N) is 2. The first-order valence-corrected chi connectivity index (χ1v) is 11.1. The van der Waals surface area contributed by atoms with Gasteiger partial charge in [0.05, 0.1) is 21.5 Å². The summed E-state index contributed by atoms with van der Waals surface area (Å²) in [4.78, 5) is 25.0. The number of halogens is 7. The van der Waals surface area contributed by atoms with Crippen LogP contribution in [0, 0.1) is 17.6 Å². The average molecular weight is 531 g/mol. The van der Waals surface area contributed by atoms with Crippen LogP contribution < -0.4 is 10.6 Å². The van der Waals surface area contributed by atoms with E-state index in [0.29, 0.717) is 17.9 Å². The number of carbonyl (C=O) groups excluding carboxylic acids is 2. The summed E-state index contributed by atoms with van der Waals surface area (Å²) in [6.45, 7) is 0.280. The van der Waals surface area contributed by atoms with Crippen LogP contribution in [0.4, 0.5) is 14.5 Å². The molecule has 3 rings (SSSR count). The van der Waals surface area contributed by atoms with Gasteiger partial charge >= 0.3 is 0 Å². The third-order valence-electron chi connectivity index (χ3n) is 4.78. The van der Waals surface area contributed by atoms with Gasteiger partial charge in [-0.2, -0.15) is 0 Å². The van der Waals surface area contributed by atoms with Gasteiger partial charge in [0.1, 0.15) is 16.0 Å². The maximum Gasteiger partial charge on any atom is 0.252 e. The fourth-order valence-corrected chi connectivity index (χ4v) is 4.53. The molecule has 0 aliphatic heterocycles. The summed E-state index contributed by atoms with van der Waals surface area (Å²) >= 11 is 29.8. The molecule has 1 saturated carbocycles. The van der Waals surface area contributed by atoms with Crippen LogP contribution in [0.5, 0.6) is 0 Å². The van der Waals surface area contributed by atoms with Crippen LogP contribution >= 0.6 is 58.0 Å². The van der Waals surface area contributed by atoms with E-state index in [-0.39, 0.29) is 27.8 Å². The lowest BCUT2D eigenvalue weighted by atomic mass is 10.1. The fourth-order valence-electron chi connectivity index (χ4n) is 3.18. The van der Waals surface area contributed by atoms with Crippen LogP contribution in [0.25, 0.3) is 0 Å². The fraction of sp³-hybridized carbons (Fsp3) is 0.300. The van der Waals surface area contributed by atoms with Gasteiger partial charge in [0.15, 0.2) is 0 Å². The molecule has 0 heterocycles. The van der Waals surface area contributed by atoms with Gasteiger partial charge in [-0.25, -0.2) is 8.78 Å². The summed E-state index contributed by atoms with van der Waals surface area (Å²) < 4.78 is 26.2. The molecule has 2 aromatic carbocycles. The summed E-state index contributed by atoms with van der Waals surface area (Å²) in [6, 6.07) is 6.16. The maximum atomic E-state index is 14.2. The SMILES string of the molecule is O=C(NCCCCl)c1cc(NC(=O)C2C(c3ccc(F)c(Cl)c3)C2(Cl)Cl)cc(F)c1Cl. The van der Waals surface area contributed by atoms with E-state index in [2.05, 4.69) is 10.6 Å². The summed E-state index contributed by atoms with van der Waals surface area (Å²) in [7, 11) is 0. The molecule has 0 bridgehead atoms. The van der Waals surface area contributed by atoms with E-state index in [4.69, 9.17) is 58.0 Å². The number of hydrogen-bond acceptors (Lipinski definition) is 2. The predicted octanol–water partition coefficient (Wildman–Crippen LogP) is 6.16. The standard InChI is InChI=1S/C20H15Cl5F2N2O2/c21-4-1-5-28-18(30)11-7-10(8-14(27)17(11)23)29-19(31)16-15(20(16,24)25)9-2-3-13(26)12(22)6-9/h2-3,6-8,15-16H,1,4-5H2,(H,28,30)(H,29,31). The molecule has 2 unspecified atom stereocenters. The van der Waals surface area contributed by atoms with Crippen molar-refractivity contribution < 1.29 is 18.4 Å². The van der Waals surface area contributed by atoms with Gasteiger partial charge in [0.25, 0.3) is 5.91 Å². The molecule has 0 saturated heterocycles. The van der Waals surface area contributed by atoms with Gasteiger partial charge in [0.2, 0.25) is 5.91 Å². The molecule has 4 nitrogen and oxygen atoms in total. The summed E-state index contributed by atoms with van der Waals surface area (Å²) in [5.74, 6) is -3.93. The van der Waals surface area contributed by atoms with E-state index in [1.807, 2.05) is 0 Å². The molecule has 1 aliphatic carbocycles. The van der Waals surface area contributed by atoms with Gasteiger partial charge in [-0.3, -0.25) is 9.59 Å². The molecule has 0 spiro atoms. The largest absolute Gasteiger partial charge is 0.352 e. The zero-order chi connectivity index (χ0) is 22.9. The minimum Gasteiger partial charge on any atom is -0.352 e. The van der Waals surface area contributed by atoms with E-state index < -0.39 is 39.6 Å². The lowest BCUT2D eigenvalue weighted by Gasteiger charge is -2.11. The van der Waals surface area contributed by atoms with Crippen LogP contribution in [0.1, 0.15) is 28.3 Å². The molecule has 31 heavy (non-hydrogen) atoms. The number of alkyl halides is 3. The van der Waals surface area contributed by atoms with Crippen molar-refractivity contribution in [2.24, 2.45) is 5.92 Å². The Morgan fingerprint density at radius 2 is 1.77 bits per heavy atom. The van der Waals surface area contributed by atoms with Crippen molar-refractivity contribution in [3.8, 4) is 0 Å². The van der Waals surface area contributed by atoms with Crippen LogP contribution in [0.2, 0.25) is 10.0 Å². The highest BCUT2D eigenvalue weighted by Crippen LogP contribution is 2.65. The molecular formula is C20H15Cl5F2N2O2. The van der Waals surface area contributed by atoms with Crippen LogP contribution in [0.15, 0.2) is 30.3 Å². The van der Waals surface area contributed by atoms with E-state index in [1.54, 1.807) is 0 Å². The molecule has 1 aliphatic rings. The second-order valence-corrected chi connectivity index (χ2v) is 9.52. The van der Waals surface area contributed by atoms with E-state index >= 15 is 0 Å². The third-order valence-corrected chi connectivity index (χ3v) is 6.66. The number of carbonyl (C=O) groups is 2. The number of amides is 2. The molecule has 2 aromatic rings. The van der Waals surface area contributed by atoms with E-state index in [0.717, 1.165) is 12.1 Å². The molecular weight excluding hydrogens is 515 g/mol. The smallest absolute Gasteiger partial charge is 0.252 e. The normalized spacial score (nSPS) is 19.1. The van der Waals surface area contributed by atoms with E-state index in [9.17, 15) is 18.4 Å². The Morgan fingerprint density at radius 3 is 2.42 bits per heavy atom. The quantitative estimate of drug-likeness (QED) is 0.333. The highest BCUT2D eigenvalue weighted by molar-refractivity contribution is 6.53. The van der Waals surface area contributed by atoms with Crippen molar-refractivity contribution in [2.45, 2.75) is 16.7 Å². The topological polar surface area (TPSA) is 58.2 Å². The number of rotatable bonds is 7. The van der Waals surface area contributed by atoms with E-state index in [1.165, 1.54) is 18.2 Å². The van der Waals surface area contributed by atoms with Gasteiger partial charge in [-0.15, -0.1) is 34.8 Å². The van der Waals surface area contributed by atoms with Gasteiger partial charge in [-0.1, -0.05) is 29.3 Å². The van der Waals surface area contributed by atoms with Crippen molar-refractivity contribution in [1.82, 2.24) is 5.32 Å². The summed E-state index contributed by atoms with van der Waals surface area (Å²) in [5, 5.41) is 4.56. The van der Waals surface area contributed by atoms with Gasteiger partial charge in [-0.05, 0) is 36.2 Å². The Morgan fingerprint density at radius 1 is 1.06 bits per heavy atom. The maximum absolute atomic E-state index is 14.2. The Kier molecular flexibility index (Phi) is 7.59. The van der Waals surface area contributed by atoms with Crippen molar-refractivity contribution in [1.29, 1.82) is 0 Å². The first-order valence-electron chi connectivity index (χ1n) is 9.04. The molecule has 0 aromatic heterocycles. The Bertz CT molecular complexity index is 1030. The third kappa shape index (κ3) is 5.20. The number of hydrogen-bond donors (Lipinski definition) is 2. The van der Waals surface area contributed by atoms with Gasteiger partial charge in [0, 0.05) is 24.0 Å². The van der Waals surface area contributed by atoms with Crippen molar-refractivity contribution in [2.75, 3.05) is 17.7 Å². The molecule has 2 atom stereocenters. The second kappa shape index (κ2) is 9.67. The lowest BCUT2D eigenvalue weighted by molar-refractivity contribution is -0.117. The number of anilines is 1. The molecule has 0 radical (unpaired) electrons. The molecule has 2 N–H and O–H groups in total. The summed E-state index contributed by atoms with van der Waals surface area (Å²) in [6.07, 6.45) is 0.522. The second-order valence-electron chi connectivity index (χ2n) is 6.91. The van der Waals surface area contributed by atoms with Crippen molar-refractivity contribution >= 4 is 75.5 Å². The molecule has 1 fully saturated rings. The minimum atomic E-state index is -1.46. The molecule has 166 valence electrons. The Hall–Kier alpha value is -1.31. The van der Waals surface area contributed by atoms with Gasteiger partial charge < -0.3 is 10.6 Å². The van der Waals surface area contributed by atoms with Crippen molar-refractivity contribution in [3.05, 3.63) is 63.1 Å². The zero-order valence-corrected chi connectivity index (χ0v) is 19.4.